The first-order chi connectivity index (χ1) is 11.0. The first-order valence-corrected chi connectivity index (χ1v) is 11.1. The molecule has 2 N–H and O–H groups in total. The van der Waals surface area contributed by atoms with E-state index in [4.69, 9.17) is 0 Å². The van der Waals surface area contributed by atoms with Gasteiger partial charge in [0.1, 0.15) is 0 Å². The van der Waals surface area contributed by atoms with Gasteiger partial charge in [0.2, 0.25) is 0 Å². The van der Waals surface area contributed by atoms with Crippen molar-refractivity contribution in [1.29, 1.82) is 0 Å². The topological polar surface area (TPSA) is 70.6 Å². The number of unbranched alkanes of at least 4 members (excludes halogenated alkanes) is 1. The average molecular weight is 485 g/mol. The summed E-state index contributed by atoms with van der Waals surface area (Å²) in [5.41, 5.74) is 0.983. The van der Waals surface area contributed by atoms with Gasteiger partial charge in [0.25, 0.3) is 0 Å². The van der Waals surface area contributed by atoms with Crippen LogP contribution in [0.3, 0.4) is 0 Å². The molecule has 0 bridgehead atoms. The second-order valence-corrected chi connectivity index (χ2v) is 8.24. The lowest BCUT2D eigenvalue weighted by atomic mass is 10.2. The fraction of sp³-hybridized carbons (Fsp3) is 0.562. The van der Waals surface area contributed by atoms with E-state index in [0.717, 1.165) is 31.0 Å². The lowest BCUT2D eigenvalue weighted by Gasteiger charge is -2.11. The zero-order valence-corrected chi connectivity index (χ0v) is 18.5. The Hall–Kier alpha value is -0.480. The number of guanidine groups is 1. The second kappa shape index (κ2) is 12.8. The Morgan fingerprint density at radius 2 is 1.83 bits per heavy atom. The maximum absolute atomic E-state index is 11.4. The largest absolute Gasteiger partial charge is 0.357 e. The molecule has 0 fully saturated rings. The lowest BCUT2D eigenvalue weighted by molar-refractivity contribution is 0.602. The molecular weight excluding hydrogens is 457 g/mol. The molecule has 0 unspecified atom stereocenters. The summed E-state index contributed by atoms with van der Waals surface area (Å²) in [5.74, 6) is 1.98. The Morgan fingerprint density at radius 1 is 1.17 bits per heavy atom. The SMILES string of the molecule is CCNC(=NCc1ccc(S(C)(=O)=O)cc1)NCCCCSC.I. The van der Waals surface area contributed by atoms with Crippen LogP contribution in [-0.2, 0) is 16.4 Å². The van der Waals surface area contributed by atoms with Crippen LogP contribution in [0.4, 0.5) is 0 Å². The summed E-state index contributed by atoms with van der Waals surface area (Å²) in [5, 5.41) is 6.54. The van der Waals surface area contributed by atoms with Gasteiger partial charge in [-0.15, -0.1) is 24.0 Å². The van der Waals surface area contributed by atoms with Crippen molar-refractivity contribution >= 4 is 51.5 Å². The monoisotopic (exact) mass is 485 g/mol. The van der Waals surface area contributed by atoms with Gasteiger partial charge in [-0.1, -0.05) is 12.1 Å². The molecule has 138 valence electrons. The Balaban J connectivity index is 0.00000529. The number of nitrogens with zero attached hydrogens (tertiary/aromatic N) is 1. The molecular formula is C16H28IN3O2S2. The number of rotatable bonds is 9. The van der Waals surface area contributed by atoms with E-state index in [1.165, 1.54) is 18.4 Å². The summed E-state index contributed by atoms with van der Waals surface area (Å²) in [6.45, 7) is 4.26. The van der Waals surface area contributed by atoms with Gasteiger partial charge >= 0.3 is 0 Å². The third kappa shape index (κ3) is 9.73. The maximum atomic E-state index is 11.4. The van der Waals surface area contributed by atoms with Gasteiger partial charge in [0.15, 0.2) is 15.8 Å². The standard InChI is InChI=1S/C16H27N3O2S2.HI/c1-4-17-16(18-11-5-6-12-22-2)19-13-14-7-9-15(10-8-14)23(3,20)21;/h7-10H,4-6,11-13H2,1-3H3,(H2,17,18,19);1H. The molecule has 0 aliphatic heterocycles. The Labute approximate surface area is 167 Å². The fourth-order valence-electron chi connectivity index (χ4n) is 1.93. The predicted octanol–water partition coefficient (Wildman–Crippen LogP) is 2.91. The molecule has 0 aromatic heterocycles. The van der Waals surface area contributed by atoms with E-state index in [9.17, 15) is 8.42 Å². The van der Waals surface area contributed by atoms with Crippen LogP contribution in [-0.4, -0.2) is 45.7 Å². The number of aliphatic imine (C=N–C) groups is 1. The minimum atomic E-state index is -3.14. The number of halogens is 1. The van der Waals surface area contributed by atoms with Crippen LogP contribution in [0.15, 0.2) is 34.2 Å². The summed E-state index contributed by atoms with van der Waals surface area (Å²) in [7, 11) is -3.14. The highest BCUT2D eigenvalue weighted by Gasteiger charge is 2.06. The van der Waals surface area contributed by atoms with Crippen LogP contribution in [0.2, 0.25) is 0 Å². The first-order valence-electron chi connectivity index (χ1n) is 7.77. The number of hydrogen-bond acceptors (Lipinski definition) is 4. The van der Waals surface area contributed by atoms with E-state index >= 15 is 0 Å². The molecule has 8 heteroatoms. The molecule has 0 heterocycles. The quantitative estimate of drug-likeness (QED) is 0.244. The molecule has 0 saturated heterocycles. The molecule has 24 heavy (non-hydrogen) atoms. The van der Waals surface area contributed by atoms with Crippen molar-refractivity contribution in [3.63, 3.8) is 0 Å². The van der Waals surface area contributed by atoms with Crippen molar-refractivity contribution in [3.8, 4) is 0 Å². The van der Waals surface area contributed by atoms with Crippen molar-refractivity contribution in [2.75, 3.05) is 31.4 Å². The summed E-state index contributed by atoms with van der Waals surface area (Å²) >= 11 is 1.86. The van der Waals surface area contributed by atoms with E-state index in [-0.39, 0.29) is 24.0 Å². The molecule has 0 amide bonds. The molecule has 0 spiro atoms. The van der Waals surface area contributed by atoms with Crippen LogP contribution >= 0.6 is 35.7 Å². The van der Waals surface area contributed by atoms with Crippen LogP contribution in [0.1, 0.15) is 25.3 Å². The summed E-state index contributed by atoms with van der Waals surface area (Å²) in [4.78, 5) is 4.87. The average Bonchev–Trinajstić information content (AvgIpc) is 2.52. The van der Waals surface area contributed by atoms with E-state index in [0.29, 0.717) is 11.4 Å². The van der Waals surface area contributed by atoms with Gasteiger partial charge in [-0.3, -0.25) is 0 Å². The van der Waals surface area contributed by atoms with Crippen molar-refractivity contribution < 1.29 is 8.42 Å². The number of hydrogen-bond donors (Lipinski definition) is 2. The van der Waals surface area contributed by atoms with Gasteiger partial charge in [0.05, 0.1) is 11.4 Å². The van der Waals surface area contributed by atoms with Gasteiger partial charge in [-0.25, -0.2) is 13.4 Å². The molecule has 1 rings (SSSR count). The van der Waals surface area contributed by atoms with Crippen LogP contribution < -0.4 is 10.6 Å². The van der Waals surface area contributed by atoms with Crippen molar-refractivity contribution in [2.24, 2.45) is 4.99 Å². The van der Waals surface area contributed by atoms with Crippen LogP contribution in [0, 0.1) is 0 Å². The second-order valence-electron chi connectivity index (χ2n) is 5.24. The molecule has 1 aromatic rings. The lowest BCUT2D eigenvalue weighted by Crippen LogP contribution is -2.37. The van der Waals surface area contributed by atoms with Crippen molar-refractivity contribution in [1.82, 2.24) is 10.6 Å². The molecule has 0 aliphatic rings. The zero-order chi connectivity index (χ0) is 17.1. The smallest absolute Gasteiger partial charge is 0.191 e. The minimum Gasteiger partial charge on any atom is -0.357 e. The van der Waals surface area contributed by atoms with Gasteiger partial charge < -0.3 is 10.6 Å². The molecule has 1 aromatic carbocycles. The summed E-state index contributed by atoms with van der Waals surface area (Å²) in [6, 6.07) is 6.87. The normalized spacial score (nSPS) is 11.7. The van der Waals surface area contributed by atoms with E-state index in [1.807, 2.05) is 30.8 Å². The van der Waals surface area contributed by atoms with Crippen LogP contribution in [0.5, 0.6) is 0 Å². The Morgan fingerprint density at radius 3 is 2.38 bits per heavy atom. The summed E-state index contributed by atoms with van der Waals surface area (Å²) < 4.78 is 22.9. The number of thioether (sulfide) groups is 1. The van der Waals surface area contributed by atoms with Crippen molar-refractivity contribution in [2.45, 2.75) is 31.2 Å². The molecule has 0 atom stereocenters. The highest BCUT2D eigenvalue weighted by molar-refractivity contribution is 14.0. The summed E-state index contributed by atoms with van der Waals surface area (Å²) in [6.07, 6.45) is 5.65. The minimum absolute atomic E-state index is 0. The predicted molar refractivity (Wildman–Crippen MR) is 115 cm³/mol. The highest BCUT2D eigenvalue weighted by Crippen LogP contribution is 2.10. The molecule has 0 saturated carbocycles. The number of benzene rings is 1. The van der Waals surface area contributed by atoms with Gasteiger partial charge in [-0.05, 0) is 49.5 Å². The van der Waals surface area contributed by atoms with Crippen LogP contribution in [0.25, 0.3) is 0 Å². The number of nitrogens with one attached hydrogen (secondary N) is 2. The third-order valence-corrected chi connectivity index (χ3v) is 5.01. The van der Waals surface area contributed by atoms with Gasteiger partial charge in [0, 0.05) is 19.3 Å². The molecule has 5 nitrogen and oxygen atoms in total. The Kier molecular flexibility index (Phi) is 12.6. The van der Waals surface area contributed by atoms with Crippen molar-refractivity contribution in [3.05, 3.63) is 29.8 Å². The van der Waals surface area contributed by atoms with Gasteiger partial charge in [-0.2, -0.15) is 11.8 Å². The third-order valence-electron chi connectivity index (χ3n) is 3.18. The zero-order valence-electron chi connectivity index (χ0n) is 14.5. The van der Waals surface area contributed by atoms with E-state index < -0.39 is 9.84 Å². The highest BCUT2D eigenvalue weighted by atomic mass is 127. The molecule has 0 aliphatic carbocycles. The number of sulfone groups is 1. The fourth-order valence-corrected chi connectivity index (χ4v) is 3.06. The Bertz CT molecular complexity index is 590. The van der Waals surface area contributed by atoms with E-state index in [1.54, 1.807) is 12.1 Å². The van der Waals surface area contributed by atoms with E-state index in [2.05, 4.69) is 21.9 Å². The molecule has 0 radical (unpaired) electrons. The maximum Gasteiger partial charge on any atom is 0.191 e. The first kappa shape index (κ1) is 23.5.